The fourth-order valence-electron chi connectivity index (χ4n) is 1.67. The molecule has 19 heavy (non-hydrogen) atoms. The molecule has 0 aliphatic rings. The number of nitrogens with zero attached hydrogens (tertiary/aromatic N) is 2. The zero-order chi connectivity index (χ0) is 13.7. The Morgan fingerprint density at radius 2 is 2.21 bits per heavy atom. The number of aryl methyl sites for hydroxylation is 1. The summed E-state index contributed by atoms with van der Waals surface area (Å²) >= 11 is 3.42. The predicted octanol–water partition coefficient (Wildman–Crippen LogP) is 2.82. The second-order valence-electron chi connectivity index (χ2n) is 4.04. The van der Waals surface area contributed by atoms with Crippen molar-refractivity contribution in [2.45, 2.75) is 19.3 Å². The van der Waals surface area contributed by atoms with Crippen LogP contribution in [-0.2, 0) is 6.42 Å². The molecule has 0 saturated carbocycles. The van der Waals surface area contributed by atoms with Gasteiger partial charge in [-0.3, -0.25) is 0 Å². The highest BCUT2D eigenvalue weighted by molar-refractivity contribution is 9.10. The van der Waals surface area contributed by atoms with Crippen molar-refractivity contribution in [3.8, 4) is 17.1 Å². The smallest absolute Gasteiger partial charge is 0.226 e. The molecule has 0 amide bonds. The van der Waals surface area contributed by atoms with Crippen molar-refractivity contribution in [2.24, 2.45) is 0 Å². The van der Waals surface area contributed by atoms with Crippen molar-refractivity contribution in [1.29, 1.82) is 0 Å². The van der Waals surface area contributed by atoms with Gasteiger partial charge < -0.3 is 14.4 Å². The first kappa shape index (κ1) is 14.0. The van der Waals surface area contributed by atoms with Crippen LogP contribution in [0.1, 0.15) is 18.7 Å². The summed E-state index contributed by atoms with van der Waals surface area (Å²) in [5.41, 5.74) is 0.866. The fraction of sp³-hybridized carbons (Fsp3) is 0.385. The van der Waals surface area contributed by atoms with E-state index in [2.05, 4.69) is 26.1 Å². The monoisotopic (exact) mass is 326 g/mol. The molecule has 0 radical (unpaired) electrons. The van der Waals surface area contributed by atoms with Crippen LogP contribution in [-0.4, -0.2) is 29.0 Å². The van der Waals surface area contributed by atoms with Crippen LogP contribution >= 0.6 is 15.9 Å². The maximum atomic E-state index is 8.72. The topological polar surface area (TPSA) is 68.4 Å². The average molecular weight is 327 g/mol. The molecule has 0 aliphatic heterocycles. The number of unbranched alkanes of at least 4 members (excludes halogenated alkanes) is 1. The number of ether oxygens (including phenoxy) is 1. The van der Waals surface area contributed by atoms with E-state index >= 15 is 0 Å². The molecular formula is C13H15BrN2O3. The number of aromatic nitrogens is 2. The number of benzene rings is 1. The first-order valence-corrected chi connectivity index (χ1v) is 6.81. The van der Waals surface area contributed by atoms with Gasteiger partial charge in [0.2, 0.25) is 11.7 Å². The van der Waals surface area contributed by atoms with E-state index in [4.69, 9.17) is 14.4 Å². The van der Waals surface area contributed by atoms with Gasteiger partial charge in [0.1, 0.15) is 5.75 Å². The van der Waals surface area contributed by atoms with Gasteiger partial charge in [-0.1, -0.05) is 5.16 Å². The molecule has 102 valence electrons. The molecule has 0 saturated heterocycles. The summed E-state index contributed by atoms with van der Waals surface area (Å²) in [6.07, 6.45) is 2.27. The number of rotatable bonds is 6. The molecule has 0 atom stereocenters. The predicted molar refractivity (Wildman–Crippen MR) is 74.0 cm³/mol. The third-order valence-electron chi connectivity index (χ3n) is 2.68. The van der Waals surface area contributed by atoms with E-state index in [0.29, 0.717) is 18.1 Å². The molecule has 0 bridgehead atoms. The number of hydrogen-bond acceptors (Lipinski definition) is 5. The summed E-state index contributed by atoms with van der Waals surface area (Å²) in [6.45, 7) is 0.187. The van der Waals surface area contributed by atoms with Crippen LogP contribution in [0.5, 0.6) is 5.75 Å². The maximum absolute atomic E-state index is 8.72. The van der Waals surface area contributed by atoms with E-state index in [1.807, 2.05) is 18.2 Å². The van der Waals surface area contributed by atoms with Crippen LogP contribution in [0.2, 0.25) is 0 Å². The van der Waals surface area contributed by atoms with Crippen molar-refractivity contribution in [1.82, 2.24) is 10.1 Å². The summed E-state index contributed by atoms with van der Waals surface area (Å²) in [5, 5.41) is 12.7. The molecule has 1 heterocycles. The molecule has 5 nitrogen and oxygen atoms in total. The average Bonchev–Trinajstić information content (AvgIpc) is 2.88. The number of aliphatic hydroxyl groups is 1. The third kappa shape index (κ3) is 3.54. The molecule has 0 aliphatic carbocycles. The van der Waals surface area contributed by atoms with Gasteiger partial charge in [-0.05, 0) is 47.0 Å². The standard InChI is InChI=1S/C13H15BrN2O3/c1-18-11-6-5-9(8-10(11)14)13-15-12(19-16-13)4-2-3-7-17/h5-6,8,17H,2-4,7H2,1H3. The lowest BCUT2D eigenvalue weighted by atomic mass is 10.2. The van der Waals surface area contributed by atoms with Gasteiger partial charge in [-0.2, -0.15) is 4.98 Å². The van der Waals surface area contributed by atoms with Gasteiger partial charge in [0, 0.05) is 18.6 Å². The van der Waals surface area contributed by atoms with Crippen LogP contribution in [0.4, 0.5) is 0 Å². The summed E-state index contributed by atoms with van der Waals surface area (Å²) in [5.74, 6) is 1.91. The normalized spacial score (nSPS) is 10.7. The third-order valence-corrected chi connectivity index (χ3v) is 3.30. The lowest BCUT2D eigenvalue weighted by Crippen LogP contribution is -1.89. The number of halogens is 1. The van der Waals surface area contributed by atoms with Crippen molar-refractivity contribution in [3.05, 3.63) is 28.6 Å². The minimum Gasteiger partial charge on any atom is -0.496 e. The minimum absolute atomic E-state index is 0.187. The summed E-state index contributed by atoms with van der Waals surface area (Å²) in [6, 6.07) is 5.62. The van der Waals surface area contributed by atoms with E-state index in [1.54, 1.807) is 7.11 Å². The lowest BCUT2D eigenvalue weighted by molar-refractivity contribution is 0.281. The highest BCUT2D eigenvalue weighted by Gasteiger charge is 2.10. The van der Waals surface area contributed by atoms with Gasteiger partial charge in [-0.25, -0.2) is 0 Å². The summed E-state index contributed by atoms with van der Waals surface area (Å²) < 4.78 is 11.2. The fourth-order valence-corrected chi connectivity index (χ4v) is 2.21. The molecule has 1 aromatic heterocycles. The van der Waals surface area contributed by atoms with Gasteiger partial charge in [0.15, 0.2) is 0 Å². The summed E-state index contributed by atoms with van der Waals surface area (Å²) in [7, 11) is 1.62. The van der Waals surface area contributed by atoms with Crippen LogP contribution in [0.25, 0.3) is 11.4 Å². The van der Waals surface area contributed by atoms with E-state index in [1.165, 1.54) is 0 Å². The second kappa shape index (κ2) is 6.68. The van der Waals surface area contributed by atoms with Crippen LogP contribution in [0.3, 0.4) is 0 Å². The van der Waals surface area contributed by atoms with E-state index < -0.39 is 0 Å². The van der Waals surface area contributed by atoms with Gasteiger partial charge >= 0.3 is 0 Å². The Kier molecular flexibility index (Phi) is 4.93. The molecule has 0 unspecified atom stereocenters. The summed E-state index contributed by atoms with van der Waals surface area (Å²) in [4.78, 5) is 4.33. The van der Waals surface area contributed by atoms with Gasteiger partial charge in [-0.15, -0.1) is 0 Å². The number of methoxy groups -OCH3 is 1. The number of hydrogen-bond donors (Lipinski definition) is 1. The first-order valence-electron chi connectivity index (χ1n) is 6.02. The quantitative estimate of drug-likeness (QED) is 0.826. The highest BCUT2D eigenvalue weighted by atomic mass is 79.9. The molecule has 2 rings (SSSR count). The zero-order valence-electron chi connectivity index (χ0n) is 10.6. The Morgan fingerprint density at radius 1 is 1.37 bits per heavy atom. The van der Waals surface area contributed by atoms with Gasteiger partial charge in [0.25, 0.3) is 0 Å². The lowest BCUT2D eigenvalue weighted by Gasteiger charge is -2.03. The zero-order valence-corrected chi connectivity index (χ0v) is 12.2. The molecule has 1 N–H and O–H groups in total. The largest absolute Gasteiger partial charge is 0.496 e. The molecule has 2 aromatic rings. The Bertz CT molecular complexity index is 542. The molecule has 0 fully saturated rings. The molecule has 6 heteroatoms. The minimum atomic E-state index is 0.187. The Hall–Kier alpha value is -1.40. The van der Waals surface area contributed by atoms with Crippen LogP contribution < -0.4 is 4.74 Å². The molecular weight excluding hydrogens is 312 g/mol. The van der Waals surface area contributed by atoms with Crippen LogP contribution in [0, 0.1) is 0 Å². The number of aliphatic hydroxyl groups excluding tert-OH is 1. The van der Waals surface area contributed by atoms with Gasteiger partial charge in [0.05, 0.1) is 11.6 Å². The van der Waals surface area contributed by atoms with E-state index in [9.17, 15) is 0 Å². The first-order chi connectivity index (χ1) is 9.24. The van der Waals surface area contributed by atoms with Crippen LogP contribution in [0.15, 0.2) is 27.2 Å². The van der Waals surface area contributed by atoms with Crippen molar-refractivity contribution >= 4 is 15.9 Å². The van der Waals surface area contributed by atoms with Crippen molar-refractivity contribution < 1.29 is 14.4 Å². The van der Waals surface area contributed by atoms with Crippen molar-refractivity contribution in [3.63, 3.8) is 0 Å². The Morgan fingerprint density at radius 3 is 2.89 bits per heavy atom. The molecule has 0 spiro atoms. The van der Waals surface area contributed by atoms with E-state index in [-0.39, 0.29) is 6.61 Å². The molecule has 1 aromatic carbocycles. The van der Waals surface area contributed by atoms with Crippen molar-refractivity contribution in [2.75, 3.05) is 13.7 Å². The second-order valence-corrected chi connectivity index (χ2v) is 4.90. The Balaban J connectivity index is 2.11. The highest BCUT2D eigenvalue weighted by Crippen LogP contribution is 2.29. The SMILES string of the molecule is COc1ccc(-c2noc(CCCCO)n2)cc1Br. The Labute approximate surface area is 119 Å². The maximum Gasteiger partial charge on any atom is 0.226 e. The van der Waals surface area contributed by atoms with E-state index in [0.717, 1.165) is 28.6 Å².